The number of carbonyl (C=O) groups is 1. The van der Waals surface area contributed by atoms with Crippen molar-refractivity contribution in [1.82, 2.24) is 9.97 Å². The topological polar surface area (TPSA) is 107 Å². The third kappa shape index (κ3) is 4.97. The molecule has 1 amide bonds. The third-order valence-electron chi connectivity index (χ3n) is 2.76. The van der Waals surface area contributed by atoms with Gasteiger partial charge in [-0.1, -0.05) is 43.1 Å². The summed E-state index contributed by atoms with van der Waals surface area (Å²) in [6, 6.07) is 5.13. The number of hydrogen-bond acceptors (Lipinski definition) is 5. The first kappa shape index (κ1) is 19.0. The Hall–Kier alpha value is -2.05. The van der Waals surface area contributed by atoms with Gasteiger partial charge in [0.1, 0.15) is 23.0 Å². The van der Waals surface area contributed by atoms with Crippen molar-refractivity contribution in [3.63, 3.8) is 0 Å². The summed E-state index contributed by atoms with van der Waals surface area (Å²) in [5.74, 6) is 0.0534. The number of nitrogens with two attached hydrogens (primary N) is 2. The number of amides is 1. The summed E-state index contributed by atoms with van der Waals surface area (Å²) in [6.45, 7) is 6.01. The van der Waals surface area contributed by atoms with Gasteiger partial charge < -0.3 is 16.8 Å². The predicted octanol–water partition coefficient (Wildman–Crippen LogP) is 3.41. The van der Waals surface area contributed by atoms with E-state index in [4.69, 9.17) is 34.7 Å². The van der Waals surface area contributed by atoms with Crippen molar-refractivity contribution in [1.29, 1.82) is 0 Å². The number of hydrogen-bond donors (Lipinski definition) is 3. The molecule has 0 spiro atoms. The summed E-state index contributed by atoms with van der Waals surface area (Å²) in [5, 5.41) is 4.05. The fourth-order valence-electron chi connectivity index (χ4n) is 1.81. The van der Waals surface area contributed by atoms with Gasteiger partial charge in [-0.3, -0.25) is 4.79 Å². The number of primary amides is 1. The molecular formula is C15H19Cl2N5O. The van der Waals surface area contributed by atoms with Crippen LogP contribution in [0.3, 0.4) is 0 Å². The highest BCUT2D eigenvalue weighted by atomic mass is 35.5. The first-order valence-corrected chi connectivity index (χ1v) is 7.75. The van der Waals surface area contributed by atoms with Crippen LogP contribution in [0.25, 0.3) is 0 Å². The van der Waals surface area contributed by atoms with Crippen molar-refractivity contribution in [3.05, 3.63) is 45.2 Å². The Morgan fingerprint density at radius 1 is 1.26 bits per heavy atom. The molecular weight excluding hydrogens is 337 g/mol. The fourth-order valence-corrected chi connectivity index (χ4v) is 2.28. The maximum absolute atomic E-state index is 11.5. The maximum atomic E-state index is 11.5. The van der Waals surface area contributed by atoms with Crippen molar-refractivity contribution >= 4 is 40.7 Å². The van der Waals surface area contributed by atoms with Gasteiger partial charge in [0.25, 0.3) is 5.91 Å². The van der Waals surface area contributed by atoms with Crippen LogP contribution in [-0.2, 0) is 6.54 Å². The summed E-state index contributed by atoms with van der Waals surface area (Å²) >= 11 is 11.9. The molecule has 0 aliphatic heterocycles. The van der Waals surface area contributed by atoms with Crippen LogP contribution in [0.5, 0.6) is 0 Å². The summed E-state index contributed by atoms with van der Waals surface area (Å²) < 4.78 is 0. The van der Waals surface area contributed by atoms with Gasteiger partial charge in [-0.15, -0.1) is 0 Å². The molecule has 1 heterocycles. The monoisotopic (exact) mass is 355 g/mol. The van der Waals surface area contributed by atoms with E-state index in [1.807, 2.05) is 13.8 Å². The largest absolute Gasteiger partial charge is 0.383 e. The third-order valence-corrected chi connectivity index (χ3v) is 3.34. The predicted molar refractivity (Wildman–Crippen MR) is 94.8 cm³/mol. The summed E-state index contributed by atoms with van der Waals surface area (Å²) in [4.78, 5) is 19.5. The second kappa shape index (κ2) is 8.55. The summed E-state index contributed by atoms with van der Waals surface area (Å²) in [5.41, 5.74) is 11.9. The average Bonchev–Trinajstić information content (AvgIpc) is 2.47. The van der Waals surface area contributed by atoms with Gasteiger partial charge >= 0.3 is 0 Å². The first-order valence-electron chi connectivity index (χ1n) is 7.00. The van der Waals surface area contributed by atoms with Crippen molar-refractivity contribution in [2.24, 2.45) is 5.73 Å². The van der Waals surface area contributed by atoms with Gasteiger partial charge in [-0.05, 0) is 24.6 Å². The molecule has 1 aromatic heterocycles. The molecule has 0 bridgehead atoms. The van der Waals surface area contributed by atoms with E-state index in [9.17, 15) is 4.79 Å². The minimum Gasteiger partial charge on any atom is -0.383 e. The molecule has 0 atom stereocenters. The van der Waals surface area contributed by atoms with Crippen molar-refractivity contribution in [3.8, 4) is 0 Å². The number of aryl methyl sites for hydroxylation is 1. The van der Waals surface area contributed by atoms with Gasteiger partial charge in [0.05, 0.1) is 0 Å². The Morgan fingerprint density at radius 2 is 1.91 bits per heavy atom. The number of benzene rings is 1. The van der Waals surface area contributed by atoms with Gasteiger partial charge in [-0.25, -0.2) is 9.97 Å². The zero-order valence-corrected chi connectivity index (χ0v) is 14.7. The van der Waals surface area contributed by atoms with Crippen LogP contribution >= 0.6 is 23.2 Å². The van der Waals surface area contributed by atoms with Crippen LogP contribution in [-0.4, -0.2) is 15.9 Å². The van der Waals surface area contributed by atoms with Crippen LogP contribution in [0.4, 0.5) is 11.6 Å². The first-order chi connectivity index (χ1) is 10.9. The van der Waals surface area contributed by atoms with Crippen LogP contribution in [0.2, 0.25) is 10.0 Å². The molecule has 23 heavy (non-hydrogen) atoms. The highest BCUT2D eigenvalue weighted by Crippen LogP contribution is 2.23. The van der Waals surface area contributed by atoms with Crippen LogP contribution in [0, 0.1) is 6.92 Å². The average molecular weight is 356 g/mol. The lowest BCUT2D eigenvalue weighted by Gasteiger charge is -2.12. The SMILES string of the molecule is CC.Cc1nc(N)c(C(N)=O)c(NCc2ccc(Cl)cc2Cl)n1. The van der Waals surface area contributed by atoms with Crippen LogP contribution < -0.4 is 16.8 Å². The van der Waals surface area contributed by atoms with E-state index in [0.717, 1.165) is 5.56 Å². The highest BCUT2D eigenvalue weighted by molar-refractivity contribution is 6.35. The van der Waals surface area contributed by atoms with Gasteiger partial charge in [0.15, 0.2) is 0 Å². The molecule has 0 radical (unpaired) electrons. The number of nitrogen functional groups attached to an aromatic ring is 1. The molecule has 124 valence electrons. The number of anilines is 2. The zero-order valence-electron chi connectivity index (χ0n) is 13.2. The second-order valence-corrected chi connectivity index (χ2v) is 5.18. The molecule has 0 unspecified atom stereocenters. The maximum Gasteiger partial charge on any atom is 0.256 e. The van der Waals surface area contributed by atoms with E-state index in [1.165, 1.54) is 0 Å². The molecule has 0 aliphatic rings. The second-order valence-electron chi connectivity index (χ2n) is 4.33. The number of halogens is 2. The Bertz CT molecular complexity index is 707. The molecule has 0 fully saturated rings. The molecule has 6 nitrogen and oxygen atoms in total. The highest BCUT2D eigenvalue weighted by Gasteiger charge is 2.16. The normalized spacial score (nSPS) is 9.78. The smallest absolute Gasteiger partial charge is 0.256 e. The van der Waals surface area contributed by atoms with E-state index in [2.05, 4.69) is 15.3 Å². The van der Waals surface area contributed by atoms with E-state index in [0.29, 0.717) is 22.4 Å². The number of rotatable bonds is 4. The molecule has 0 aliphatic carbocycles. The summed E-state index contributed by atoms with van der Waals surface area (Å²) in [6.07, 6.45) is 0. The quantitative estimate of drug-likeness (QED) is 0.778. The van der Waals surface area contributed by atoms with E-state index >= 15 is 0 Å². The Labute approximate surface area is 145 Å². The van der Waals surface area contributed by atoms with Crippen molar-refractivity contribution < 1.29 is 4.79 Å². The van der Waals surface area contributed by atoms with Gasteiger partial charge in [-0.2, -0.15) is 0 Å². The van der Waals surface area contributed by atoms with E-state index in [-0.39, 0.29) is 17.2 Å². The fraction of sp³-hybridized carbons (Fsp3) is 0.267. The Kier molecular flexibility index (Phi) is 7.06. The minimum absolute atomic E-state index is 0.0414. The lowest BCUT2D eigenvalue weighted by Crippen LogP contribution is -2.19. The molecule has 0 saturated carbocycles. The van der Waals surface area contributed by atoms with E-state index < -0.39 is 5.91 Å². The lowest BCUT2D eigenvalue weighted by molar-refractivity contribution is 0.100. The number of nitrogens with one attached hydrogen (secondary N) is 1. The number of nitrogens with zero attached hydrogens (tertiary/aromatic N) is 2. The molecule has 1 aromatic carbocycles. The van der Waals surface area contributed by atoms with Gasteiger partial charge in [0, 0.05) is 16.6 Å². The van der Waals surface area contributed by atoms with Crippen molar-refractivity contribution in [2.45, 2.75) is 27.3 Å². The lowest BCUT2D eigenvalue weighted by atomic mass is 10.2. The molecule has 5 N–H and O–H groups in total. The van der Waals surface area contributed by atoms with Crippen molar-refractivity contribution in [2.75, 3.05) is 11.1 Å². The molecule has 8 heteroatoms. The Balaban J connectivity index is 0.00000127. The standard InChI is InChI=1S/C13H13Cl2N5O.C2H6/c1-6-19-11(16)10(12(17)21)13(20-6)18-5-7-2-3-8(14)4-9(7)15;1-2/h2-4H,5H2,1H3,(H2,17,21)(H3,16,18,19,20);1-2H3. The van der Waals surface area contributed by atoms with Crippen LogP contribution in [0.1, 0.15) is 35.6 Å². The summed E-state index contributed by atoms with van der Waals surface area (Å²) in [7, 11) is 0. The van der Waals surface area contributed by atoms with Gasteiger partial charge in [0.2, 0.25) is 0 Å². The number of carbonyl (C=O) groups excluding carboxylic acids is 1. The zero-order chi connectivity index (χ0) is 17.6. The van der Waals surface area contributed by atoms with Crippen LogP contribution in [0.15, 0.2) is 18.2 Å². The van der Waals surface area contributed by atoms with E-state index in [1.54, 1.807) is 25.1 Å². The molecule has 2 aromatic rings. The molecule has 2 rings (SSSR count). The minimum atomic E-state index is -0.697. The Morgan fingerprint density at radius 3 is 2.48 bits per heavy atom. The number of aromatic nitrogens is 2. The molecule has 0 saturated heterocycles.